The third-order valence-corrected chi connectivity index (χ3v) is 9.27. The van der Waals surface area contributed by atoms with Crippen LogP contribution in [0.2, 0.25) is 0 Å². The van der Waals surface area contributed by atoms with Gasteiger partial charge in [0.25, 0.3) is 0 Å². The Morgan fingerprint density at radius 2 is 1.47 bits per heavy atom. The number of amides is 2. The molecule has 0 unspecified atom stereocenters. The zero-order valence-corrected chi connectivity index (χ0v) is 27.4. The minimum atomic E-state index is -1.35. The molecule has 0 aliphatic carbocycles. The normalized spacial score (nSPS) is 19.3. The topological polar surface area (TPSA) is 117 Å². The first-order valence-electron chi connectivity index (χ1n) is 16.6. The SMILES string of the molecule is C[C@H](CC(=O)N1C(=O)OC[C@H]1c1ccccc1)[C@@H](N=C(c1ccccc1)c1ccccc1C(=O)[C@@H]1CCCN1Cc1ccccc1)C(=O)O. The highest BCUT2D eigenvalue weighted by molar-refractivity contribution is 6.19. The number of likely N-dealkylation sites (tertiary alicyclic amines) is 1. The highest BCUT2D eigenvalue weighted by Crippen LogP contribution is 2.31. The number of benzene rings is 4. The molecule has 2 heterocycles. The van der Waals surface area contributed by atoms with E-state index in [9.17, 15) is 24.3 Å². The van der Waals surface area contributed by atoms with Gasteiger partial charge < -0.3 is 9.84 Å². The predicted octanol–water partition coefficient (Wildman–Crippen LogP) is 6.57. The van der Waals surface area contributed by atoms with E-state index in [4.69, 9.17) is 9.73 Å². The Bertz CT molecular complexity index is 1830. The van der Waals surface area contributed by atoms with Crippen molar-refractivity contribution in [1.29, 1.82) is 0 Å². The number of rotatable bonds is 12. The number of imide groups is 1. The van der Waals surface area contributed by atoms with Gasteiger partial charge in [-0.2, -0.15) is 0 Å². The molecule has 49 heavy (non-hydrogen) atoms. The molecule has 4 aromatic rings. The third-order valence-electron chi connectivity index (χ3n) is 9.27. The standard InChI is InChI=1S/C40H39N3O6/c1-27(24-35(44)43-34(26-49-40(43)48)29-16-7-3-8-17-29)36(39(46)47)41-37(30-18-9-4-10-19-30)31-20-11-12-21-32(31)38(45)33-22-13-23-42(33)25-28-14-5-2-6-15-28/h2-12,14-21,27,33-34,36H,13,22-26H2,1H3,(H,46,47)/t27-,33+,34+,36-/m1/s1. The lowest BCUT2D eigenvalue weighted by atomic mass is 9.91. The van der Waals surface area contributed by atoms with Crippen molar-refractivity contribution in [1.82, 2.24) is 9.80 Å². The summed E-state index contributed by atoms with van der Waals surface area (Å²) in [5, 5.41) is 10.5. The van der Waals surface area contributed by atoms with Crippen LogP contribution in [0.5, 0.6) is 0 Å². The summed E-state index contributed by atoms with van der Waals surface area (Å²) in [6.07, 6.45) is 0.607. The Labute approximate surface area is 285 Å². The molecule has 2 saturated heterocycles. The van der Waals surface area contributed by atoms with Crippen LogP contribution in [0.25, 0.3) is 0 Å². The summed E-state index contributed by atoms with van der Waals surface area (Å²) in [5.41, 5.74) is 3.88. The van der Waals surface area contributed by atoms with Crippen LogP contribution in [0.15, 0.2) is 120 Å². The second kappa shape index (κ2) is 15.2. The summed E-state index contributed by atoms with van der Waals surface area (Å²) in [6.45, 7) is 3.12. The Hall–Kier alpha value is -5.41. The zero-order chi connectivity index (χ0) is 34.3. The van der Waals surface area contributed by atoms with E-state index in [1.807, 2.05) is 91.0 Å². The molecular weight excluding hydrogens is 618 g/mol. The van der Waals surface area contributed by atoms with Gasteiger partial charge in [0.1, 0.15) is 12.6 Å². The first-order chi connectivity index (χ1) is 23.8. The molecule has 4 aromatic carbocycles. The van der Waals surface area contributed by atoms with Gasteiger partial charge in [-0.3, -0.25) is 19.5 Å². The van der Waals surface area contributed by atoms with E-state index in [1.54, 1.807) is 19.1 Å². The summed E-state index contributed by atoms with van der Waals surface area (Å²) in [7, 11) is 0. The van der Waals surface area contributed by atoms with Gasteiger partial charge in [0.05, 0.1) is 11.8 Å². The van der Waals surface area contributed by atoms with Gasteiger partial charge in [0.2, 0.25) is 5.91 Å². The minimum Gasteiger partial charge on any atom is -0.480 e. The molecule has 4 atom stereocenters. The number of ether oxygens (including phenoxy) is 1. The number of hydrogen-bond donors (Lipinski definition) is 1. The van der Waals surface area contributed by atoms with Crippen molar-refractivity contribution in [3.63, 3.8) is 0 Å². The Morgan fingerprint density at radius 1 is 0.857 bits per heavy atom. The van der Waals surface area contributed by atoms with Crippen LogP contribution in [0, 0.1) is 5.92 Å². The van der Waals surface area contributed by atoms with E-state index >= 15 is 0 Å². The number of carbonyl (C=O) groups excluding carboxylic acids is 3. The largest absolute Gasteiger partial charge is 0.480 e. The molecule has 6 rings (SSSR count). The summed E-state index contributed by atoms with van der Waals surface area (Å²) < 4.78 is 5.23. The lowest BCUT2D eigenvalue weighted by Gasteiger charge is -2.25. The smallest absolute Gasteiger partial charge is 0.417 e. The zero-order valence-electron chi connectivity index (χ0n) is 27.4. The number of cyclic esters (lactones) is 1. The molecule has 0 spiro atoms. The Morgan fingerprint density at radius 3 is 2.14 bits per heavy atom. The van der Waals surface area contributed by atoms with Crippen molar-refractivity contribution >= 4 is 29.5 Å². The Kier molecular flexibility index (Phi) is 10.4. The van der Waals surface area contributed by atoms with Crippen LogP contribution in [-0.2, 0) is 20.9 Å². The number of carbonyl (C=O) groups is 4. The van der Waals surface area contributed by atoms with Crippen LogP contribution >= 0.6 is 0 Å². The number of aliphatic imine (C=N–C) groups is 1. The number of hydrogen-bond acceptors (Lipinski definition) is 7. The number of ketones is 1. The van der Waals surface area contributed by atoms with Gasteiger partial charge in [-0.25, -0.2) is 14.5 Å². The molecule has 9 nitrogen and oxygen atoms in total. The van der Waals surface area contributed by atoms with Gasteiger partial charge in [-0.05, 0) is 36.4 Å². The van der Waals surface area contributed by atoms with Crippen LogP contribution < -0.4 is 0 Å². The van der Waals surface area contributed by atoms with E-state index in [1.165, 1.54) is 0 Å². The van der Waals surface area contributed by atoms with Crippen molar-refractivity contribution in [2.45, 2.75) is 50.9 Å². The molecule has 0 saturated carbocycles. The van der Waals surface area contributed by atoms with E-state index in [0.717, 1.165) is 35.4 Å². The fourth-order valence-corrected chi connectivity index (χ4v) is 6.78. The van der Waals surface area contributed by atoms with Crippen LogP contribution in [-0.4, -0.2) is 69.6 Å². The number of carboxylic acids is 1. The molecular formula is C40H39N3O6. The third kappa shape index (κ3) is 7.52. The minimum absolute atomic E-state index is 0.0240. The molecule has 2 amide bonds. The molecule has 2 aliphatic heterocycles. The quantitative estimate of drug-likeness (QED) is 0.135. The molecule has 250 valence electrons. The first-order valence-corrected chi connectivity index (χ1v) is 16.6. The maximum absolute atomic E-state index is 14.3. The number of Topliss-reactive ketones (excluding diaryl/α,β-unsaturated/α-hetero) is 1. The van der Waals surface area contributed by atoms with E-state index in [0.29, 0.717) is 28.9 Å². The fraction of sp³-hybridized carbons (Fsp3) is 0.275. The average molecular weight is 658 g/mol. The molecule has 2 aliphatic rings. The number of aliphatic carboxylic acids is 1. The maximum atomic E-state index is 14.3. The molecule has 0 aromatic heterocycles. The summed E-state index contributed by atoms with van der Waals surface area (Å²) in [4.78, 5) is 61.5. The van der Waals surface area contributed by atoms with Gasteiger partial charge in [-0.1, -0.05) is 122 Å². The number of nitrogens with zero attached hydrogens (tertiary/aromatic N) is 3. The highest BCUT2D eigenvalue weighted by atomic mass is 16.6. The summed E-state index contributed by atoms with van der Waals surface area (Å²) in [5.74, 6) is -2.59. The van der Waals surface area contributed by atoms with Gasteiger partial charge in [-0.15, -0.1) is 0 Å². The van der Waals surface area contributed by atoms with Crippen molar-refractivity contribution in [3.8, 4) is 0 Å². The first kappa shape index (κ1) is 33.5. The van der Waals surface area contributed by atoms with Crippen molar-refractivity contribution in [2.24, 2.45) is 10.9 Å². The molecule has 9 heteroatoms. The van der Waals surface area contributed by atoms with Crippen LogP contribution in [0.1, 0.15) is 64.8 Å². The molecule has 0 bridgehead atoms. The van der Waals surface area contributed by atoms with Crippen molar-refractivity contribution in [3.05, 3.63) is 143 Å². The molecule has 0 radical (unpaired) electrons. The van der Waals surface area contributed by atoms with Crippen molar-refractivity contribution < 1.29 is 29.0 Å². The van der Waals surface area contributed by atoms with Crippen molar-refractivity contribution in [2.75, 3.05) is 13.2 Å². The fourth-order valence-electron chi connectivity index (χ4n) is 6.78. The van der Waals surface area contributed by atoms with Gasteiger partial charge in [0, 0.05) is 29.7 Å². The van der Waals surface area contributed by atoms with E-state index in [-0.39, 0.29) is 24.9 Å². The maximum Gasteiger partial charge on any atom is 0.417 e. The van der Waals surface area contributed by atoms with Crippen LogP contribution in [0.3, 0.4) is 0 Å². The van der Waals surface area contributed by atoms with Gasteiger partial charge >= 0.3 is 12.1 Å². The van der Waals surface area contributed by atoms with Crippen LogP contribution in [0.4, 0.5) is 4.79 Å². The summed E-state index contributed by atoms with van der Waals surface area (Å²) >= 11 is 0. The van der Waals surface area contributed by atoms with Gasteiger partial charge in [0.15, 0.2) is 11.8 Å². The highest BCUT2D eigenvalue weighted by Gasteiger charge is 2.40. The lowest BCUT2D eigenvalue weighted by molar-refractivity contribution is -0.140. The number of carboxylic acid groups (broad SMARTS) is 1. The predicted molar refractivity (Wildman–Crippen MR) is 185 cm³/mol. The Balaban J connectivity index is 1.31. The monoisotopic (exact) mass is 657 g/mol. The second-order valence-corrected chi connectivity index (χ2v) is 12.6. The molecule has 1 N–H and O–H groups in total. The van der Waals surface area contributed by atoms with E-state index < -0.39 is 36.0 Å². The molecule has 2 fully saturated rings. The summed E-state index contributed by atoms with van der Waals surface area (Å²) in [6, 6.07) is 33.3. The average Bonchev–Trinajstić information content (AvgIpc) is 3.75. The second-order valence-electron chi connectivity index (χ2n) is 12.6. The lowest BCUT2D eigenvalue weighted by Crippen LogP contribution is -2.38. The van der Waals surface area contributed by atoms with E-state index in [2.05, 4.69) is 17.0 Å².